The van der Waals surface area contributed by atoms with Gasteiger partial charge in [-0.2, -0.15) is 0 Å². The third-order valence-corrected chi connectivity index (χ3v) is 5.63. The topological polar surface area (TPSA) is 100 Å². The molecule has 0 spiro atoms. The first kappa shape index (κ1) is 22.7. The van der Waals surface area contributed by atoms with Crippen LogP contribution in [0.25, 0.3) is 0 Å². The van der Waals surface area contributed by atoms with Crippen LogP contribution in [0.5, 0.6) is 11.5 Å². The second-order valence-corrected chi connectivity index (χ2v) is 7.97. The molecule has 0 aliphatic carbocycles. The molecule has 1 N–H and O–H groups in total. The quantitative estimate of drug-likeness (QED) is 0.586. The summed E-state index contributed by atoms with van der Waals surface area (Å²) in [4.78, 5) is 12.4. The van der Waals surface area contributed by atoms with Gasteiger partial charge in [0.05, 0.1) is 31.3 Å². The van der Waals surface area contributed by atoms with Crippen LogP contribution < -0.4 is 14.2 Å². The van der Waals surface area contributed by atoms with Crippen LogP contribution >= 0.6 is 0 Å². The molecule has 158 valence electrons. The minimum atomic E-state index is -3.71. The number of carbonyl (C=O) groups is 1. The maximum absolute atomic E-state index is 12.3. The average Bonchev–Trinajstić information content (AvgIpc) is 2.71. The summed E-state index contributed by atoms with van der Waals surface area (Å²) >= 11 is 0. The molecule has 9 heteroatoms. The number of methoxy groups -OCH3 is 3. The zero-order valence-electron chi connectivity index (χ0n) is 16.8. The summed E-state index contributed by atoms with van der Waals surface area (Å²) in [7, 11) is 0.845. The maximum atomic E-state index is 12.3. The summed E-state index contributed by atoms with van der Waals surface area (Å²) in [6, 6.07) is 10.3. The average molecular weight is 423 g/mol. The minimum absolute atomic E-state index is 0.0185. The highest BCUT2D eigenvalue weighted by Crippen LogP contribution is 2.25. The van der Waals surface area contributed by atoms with Crippen molar-refractivity contribution >= 4 is 16.0 Å². The Labute approximate surface area is 170 Å². The van der Waals surface area contributed by atoms with E-state index in [2.05, 4.69) is 4.72 Å². The van der Waals surface area contributed by atoms with Gasteiger partial charge in [0.15, 0.2) is 0 Å². The summed E-state index contributed by atoms with van der Waals surface area (Å²) < 4.78 is 47.8. The second-order valence-electron chi connectivity index (χ2n) is 6.26. The van der Waals surface area contributed by atoms with Crippen molar-refractivity contribution in [1.82, 2.24) is 4.72 Å². The van der Waals surface area contributed by atoms with Crippen molar-refractivity contribution in [1.29, 1.82) is 0 Å². The summed E-state index contributed by atoms with van der Waals surface area (Å²) in [6.07, 6.45) is 0. The minimum Gasteiger partial charge on any atom is -0.497 e. The summed E-state index contributed by atoms with van der Waals surface area (Å²) in [5.74, 6) is 0.595. The number of sulfonamides is 1. The van der Waals surface area contributed by atoms with E-state index in [1.807, 2.05) is 0 Å². The lowest BCUT2D eigenvalue weighted by Crippen LogP contribution is -2.35. The predicted octanol–water partition coefficient (Wildman–Crippen LogP) is 2.37. The smallest absolute Gasteiger partial charge is 0.338 e. The highest BCUT2D eigenvalue weighted by molar-refractivity contribution is 7.89. The Morgan fingerprint density at radius 2 is 1.72 bits per heavy atom. The van der Waals surface area contributed by atoms with E-state index in [4.69, 9.17) is 18.9 Å². The third kappa shape index (κ3) is 6.18. The molecule has 0 heterocycles. The fraction of sp³-hybridized carbons (Fsp3) is 0.350. The van der Waals surface area contributed by atoms with Crippen molar-refractivity contribution in [2.24, 2.45) is 0 Å². The fourth-order valence-corrected chi connectivity index (χ4v) is 3.84. The van der Waals surface area contributed by atoms with Crippen molar-refractivity contribution in [3.63, 3.8) is 0 Å². The van der Waals surface area contributed by atoms with Crippen LogP contribution in [0.3, 0.4) is 0 Å². The zero-order chi connectivity index (χ0) is 21.4. The van der Waals surface area contributed by atoms with Crippen LogP contribution in [0.1, 0.15) is 22.8 Å². The van der Waals surface area contributed by atoms with Gasteiger partial charge < -0.3 is 18.9 Å². The molecule has 0 fully saturated rings. The van der Waals surface area contributed by atoms with E-state index in [0.717, 1.165) is 0 Å². The van der Waals surface area contributed by atoms with Gasteiger partial charge in [-0.05, 0) is 49.4 Å². The summed E-state index contributed by atoms with van der Waals surface area (Å²) in [5, 5.41) is 0. The van der Waals surface area contributed by atoms with Gasteiger partial charge in [-0.15, -0.1) is 0 Å². The molecule has 29 heavy (non-hydrogen) atoms. The number of nitrogens with one attached hydrogen (secondary N) is 1. The lowest BCUT2D eigenvalue weighted by atomic mass is 10.2. The van der Waals surface area contributed by atoms with E-state index in [9.17, 15) is 13.2 Å². The molecule has 1 atom stereocenters. The van der Waals surface area contributed by atoms with E-state index in [1.54, 1.807) is 25.1 Å². The van der Waals surface area contributed by atoms with Crippen LogP contribution in [0.15, 0.2) is 47.4 Å². The zero-order valence-corrected chi connectivity index (χ0v) is 17.6. The fourth-order valence-electron chi connectivity index (χ4n) is 2.61. The molecule has 0 aliphatic rings. The van der Waals surface area contributed by atoms with Gasteiger partial charge in [0, 0.05) is 18.7 Å². The molecule has 0 saturated heterocycles. The van der Waals surface area contributed by atoms with Gasteiger partial charge in [-0.25, -0.2) is 17.9 Å². The molecule has 0 aromatic heterocycles. The van der Waals surface area contributed by atoms with Gasteiger partial charge >= 0.3 is 5.97 Å². The first-order valence-electron chi connectivity index (χ1n) is 8.80. The molecule has 0 saturated carbocycles. The Balaban J connectivity index is 2.06. The van der Waals surface area contributed by atoms with E-state index < -0.39 is 16.0 Å². The first-order valence-corrected chi connectivity index (χ1v) is 10.3. The molecular weight excluding hydrogens is 398 g/mol. The van der Waals surface area contributed by atoms with Crippen molar-refractivity contribution < 1.29 is 32.2 Å². The van der Waals surface area contributed by atoms with E-state index in [0.29, 0.717) is 17.1 Å². The highest BCUT2D eigenvalue weighted by Gasteiger charge is 2.18. The Hall–Kier alpha value is -2.62. The van der Waals surface area contributed by atoms with Crippen LogP contribution in [0, 0.1) is 0 Å². The van der Waals surface area contributed by atoms with E-state index in [-0.39, 0.29) is 29.7 Å². The molecule has 0 aliphatic heterocycles. The lowest BCUT2D eigenvalue weighted by molar-refractivity contribution is 0.0469. The standard InChI is InChI=1S/C20H25NO7S/c1-14(12-25-2)21-29(23,24)18-8-5-15(6-9-18)20(22)28-13-16-11-17(26-3)7-10-19(16)27-4/h5-11,14,21H,12-13H2,1-4H3/t14-/m0/s1. The number of benzene rings is 2. The van der Waals surface area contributed by atoms with Gasteiger partial charge in [-0.3, -0.25) is 0 Å². The largest absolute Gasteiger partial charge is 0.497 e. The predicted molar refractivity (Wildman–Crippen MR) is 107 cm³/mol. The molecular formula is C20H25NO7S. The normalized spacial score (nSPS) is 12.3. The number of hydrogen-bond acceptors (Lipinski definition) is 7. The number of rotatable bonds is 10. The van der Waals surface area contributed by atoms with Crippen molar-refractivity contribution in [2.45, 2.75) is 24.5 Å². The molecule has 0 radical (unpaired) electrons. The first-order chi connectivity index (χ1) is 13.8. The molecule has 0 bridgehead atoms. The van der Waals surface area contributed by atoms with Crippen LogP contribution in [0.2, 0.25) is 0 Å². The molecule has 0 amide bonds. The SMILES string of the molecule is COC[C@H](C)NS(=O)(=O)c1ccc(C(=O)OCc2cc(OC)ccc2OC)cc1. The maximum Gasteiger partial charge on any atom is 0.338 e. The molecule has 2 aromatic carbocycles. The number of esters is 1. The highest BCUT2D eigenvalue weighted by atomic mass is 32.2. The Morgan fingerprint density at radius 1 is 1.03 bits per heavy atom. The van der Waals surface area contributed by atoms with Crippen LogP contribution in [-0.4, -0.2) is 48.4 Å². The molecule has 2 rings (SSSR count). The van der Waals surface area contributed by atoms with E-state index in [1.165, 1.54) is 45.6 Å². The van der Waals surface area contributed by atoms with Gasteiger partial charge in [0.25, 0.3) is 0 Å². The number of ether oxygens (including phenoxy) is 4. The second kappa shape index (κ2) is 10.2. The molecule has 8 nitrogen and oxygen atoms in total. The molecule has 2 aromatic rings. The van der Waals surface area contributed by atoms with Crippen molar-refractivity contribution in [3.05, 3.63) is 53.6 Å². The van der Waals surface area contributed by atoms with Gasteiger partial charge in [0.1, 0.15) is 18.1 Å². The third-order valence-electron chi connectivity index (χ3n) is 4.02. The summed E-state index contributed by atoms with van der Waals surface area (Å²) in [5.41, 5.74) is 0.881. The number of hydrogen-bond donors (Lipinski definition) is 1. The molecule has 0 unspecified atom stereocenters. The van der Waals surface area contributed by atoms with Gasteiger partial charge in [-0.1, -0.05) is 0 Å². The lowest BCUT2D eigenvalue weighted by Gasteiger charge is -2.13. The van der Waals surface area contributed by atoms with Crippen molar-refractivity contribution in [2.75, 3.05) is 27.9 Å². The van der Waals surface area contributed by atoms with Crippen LogP contribution in [0.4, 0.5) is 0 Å². The number of carbonyl (C=O) groups excluding carboxylic acids is 1. The van der Waals surface area contributed by atoms with Crippen LogP contribution in [-0.2, 0) is 26.1 Å². The van der Waals surface area contributed by atoms with Gasteiger partial charge in [0.2, 0.25) is 10.0 Å². The summed E-state index contributed by atoms with van der Waals surface area (Å²) in [6.45, 7) is 1.92. The Morgan fingerprint density at radius 3 is 2.31 bits per heavy atom. The Bertz CT molecular complexity index is 926. The Kier molecular flexibility index (Phi) is 8.00. The monoisotopic (exact) mass is 423 g/mol. The van der Waals surface area contributed by atoms with E-state index >= 15 is 0 Å². The van der Waals surface area contributed by atoms with Crippen molar-refractivity contribution in [3.8, 4) is 11.5 Å².